The van der Waals surface area contributed by atoms with Gasteiger partial charge in [-0.15, -0.1) is 0 Å². The van der Waals surface area contributed by atoms with Crippen LogP contribution in [0, 0.1) is 6.92 Å². The minimum absolute atomic E-state index is 0.0134. The van der Waals surface area contributed by atoms with Gasteiger partial charge in [0, 0.05) is 33.3 Å². The molecule has 1 atom stereocenters. The molecule has 0 aromatic carbocycles. The molecule has 7 nitrogen and oxygen atoms in total. The zero-order chi connectivity index (χ0) is 16.3. The lowest BCUT2D eigenvalue weighted by molar-refractivity contribution is -0.154. The van der Waals surface area contributed by atoms with E-state index in [0.29, 0.717) is 32.1 Å². The second-order valence-corrected chi connectivity index (χ2v) is 6.47. The van der Waals surface area contributed by atoms with Gasteiger partial charge in [0.1, 0.15) is 5.82 Å². The quantitative estimate of drug-likeness (QED) is 0.871. The van der Waals surface area contributed by atoms with Crippen LogP contribution >= 0.6 is 0 Å². The first-order valence-corrected chi connectivity index (χ1v) is 7.48. The molecule has 124 valence electrons. The molecule has 0 spiro atoms. The van der Waals surface area contributed by atoms with E-state index < -0.39 is 0 Å². The van der Waals surface area contributed by atoms with Crippen molar-refractivity contribution in [3.63, 3.8) is 0 Å². The average Bonchev–Trinajstić information content (AvgIpc) is 2.65. The van der Waals surface area contributed by atoms with Gasteiger partial charge in [0.2, 0.25) is 5.91 Å². The van der Waals surface area contributed by atoms with Gasteiger partial charge in [-0.2, -0.15) is 5.10 Å². The molecule has 1 amide bonds. The highest BCUT2D eigenvalue weighted by Crippen LogP contribution is 2.21. The van der Waals surface area contributed by atoms with E-state index >= 15 is 0 Å². The number of nitrogens with zero attached hydrogens (tertiary/aromatic N) is 3. The molecule has 0 aliphatic carbocycles. The molecule has 22 heavy (non-hydrogen) atoms. The maximum absolute atomic E-state index is 12.3. The second kappa shape index (κ2) is 6.76. The van der Waals surface area contributed by atoms with Crippen LogP contribution in [0.15, 0.2) is 6.07 Å². The molecule has 0 saturated carbocycles. The van der Waals surface area contributed by atoms with Crippen molar-refractivity contribution in [3.8, 4) is 0 Å². The highest BCUT2D eigenvalue weighted by atomic mass is 16.5. The molecule has 1 aromatic heterocycles. The van der Waals surface area contributed by atoms with Crippen LogP contribution in [0.3, 0.4) is 0 Å². The number of nitrogens with one attached hydrogen (secondary N) is 1. The fourth-order valence-electron chi connectivity index (χ4n) is 2.92. The minimum Gasteiger partial charge on any atom is -0.382 e. The molecule has 1 aliphatic rings. The molecule has 1 aliphatic heterocycles. The summed E-state index contributed by atoms with van der Waals surface area (Å²) in [5, 5.41) is 7.12. The summed E-state index contributed by atoms with van der Waals surface area (Å²) >= 11 is 0. The molecule has 0 bridgehead atoms. The van der Waals surface area contributed by atoms with Crippen LogP contribution in [0.25, 0.3) is 0 Å². The van der Waals surface area contributed by atoms with Crippen molar-refractivity contribution in [1.82, 2.24) is 14.7 Å². The predicted octanol–water partition coefficient (Wildman–Crippen LogP) is 0.793. The van der Waals surface area contributed by atoms with Crippen LogP contribution < -0.4 is 5.32 Å². The van der Waals surface area contributed by atoms with Gasteiger partial charge in [-0.3, -0.25) is 14.4 Å². The Morgan fingerprint density at radius 2 is 2.32 bits per heavy atom. The van der Waals surface area contributed by atoms with Crippen molar-refractivity contribution < 1.29 is 14.3 Å². The van der Waals surface area contributed by atoms with Crippen LogP contribution in [-0.2, 0) is 21.3 Å². The van der Waals surface area contributed by atoms with E-state index in [1.165, 1.54) is 0 Å². The first-order chi connectivity index (χ1) is 10.3. The number of carbonyl (C=O) groups is 1. The maximum Gasteiger partial charge on any atom is 0.239 e. The lowest BCUT2D eigenvalue weighted by Gasteiger charge is -2.42. The molecule has 2 heterocycles. The summed E-state index contributed by atoms with van der Waals surface area (Å²) in [5.74, 6) is 0.667. The van der Waals surface area contributed by atoms with E-state index in [2.05, 4.69) is 15.3 Å². The monoisotopic (exact) mass is 310 g/mol. The Kier molecular flexibility index (Phi) is 5.20. The number of methoxy groups -OCH3 is 1. The van der Waals surface area contributed by atoms with Crippen LogP contribution in [0.2, 0.25) is 0 Å². The van der Waals surface area contributed by atoms with Crippen LogP contribution in [0.4, 0.5) is 5.82 Å². The van der Waals surface area contributed by atoms with E-state index in [9.17, 15) is 4.79 Å². The normalized spacial score (nSPS) is 21.8. The van der Waals surface area contributed by atoms with E-state index in [1.54, 1.807) is 11.8 Å². The minimum atomic E-state index is -0.287. The summed E-state index contributed by atoms with van der Waals surface area (Å²) in [5.41, 5.74) is 0.593. The lowest BCUT2D eigenvalue weighted by Crippen LogP contribution is -2.55. The summed E-state index contributed by atoms with van der Waals surface area (Å²) in [6.45, 7) is 8.23. The Hall–Kier alpha value is -1.44. The largest absolute Gasteiger partial charge is 0.382 e. The number of anilines is 1. The van der Waals surface area contributed by atoms with Crippen LogP contribution in [0.1, 0.15) is 19.5 Å². The number of aryl methyl sites for hydroxylation is 2. The number of aromatic nitrogens is 2. The Bertz CT molecular complexity index is 527. The van der Waals surface area contributed by atoms with Crippen LogP contribution in [-0.4, -0.2) is 65.6 Å². The summed E-state index contributed by atoms with van der Waals surface area (Å²) in [7, 11) is 3.47. The summed E-state index contributed by atoms with van der Waals surface area (Å²) in [6.07, 6.45) is -0.0134. The van der Waals surface area contributed by atoms with Gasteiger partial charge in [0.15, 0.2) is 0 Å². The number of hydrogen-bond donors (Lipinski definition) is 1. The van der Waals surface area contributed by atoms with E-state index in [0.717, 1.165) is 5.69 Å². The second-order valence-electron chi connectivity index (χ2n) is 6.47. The maximum atomic E-state index is 12.3. The molecular weight excluding hydrogens is 284 g/mol. The Morgan fingerprint density at radius 3 is 2.91 bits per heavy atom. The molecule has 0 unspecified atom stereocenters. The summed E-state index contributed by atoms with van der Waals surface area (Å²) in [4.78, 5) is 14.4. The number of carbonyl (C=O) groups excluding carboxylic acids is 1. The van der Waals surface area contributed by atoms with Gasteiger partial charge in [0.25, 0.3) is 0 Å². The van der Waals surface area contributed by atoms with Crippen molar-refractivity contribution in [2.24, 2.45) is 7.05 Å². The number of rotatable bonds is 5. The first kappa shape index (κ1) is 16.9. The molecule has 0 radical (unpaired) electrons. The topological polar surface area (TPSA) is 68.6 Å². The van der Waals surface area contributed by atoms with Gasteiger partial charge >= 0.3 is 0 Å². The zero-order valence-electron chi connectivity index (χ0n) is 14.0. The number of hydrogen-bond acceptors (Lipinski definition) is 5. The van der Waals surface area contributed by atoms with Crippen molar-refractivity contribution in [3.05, 3.63) is 11.8 Å². The molecule has 1 N–H and O–H groups in total. The van der Waals surface area contributed by atoms with Gasteiger partial charge in [-0.05, 0) is 20.8 Å². The van der Waals surface area contributed by atoms with E-state index in [4.69, 9.17) is 9.47 Å². The summed E-state index contributed by atoms with van der Waals surface area (Å²) in [6, 6.07) is 1.86. The fraction of sp³-hybridized carbons (Fsp3) is 0.733. The molecule has 1 fully saturated rings. The average molecular weight is 310 g/mol. The lowest BCUT2D eigenvalue weighted by atomic mass is 10.1. The number of morpholine rings is 1. The molecule has 2 rings (SSSR count). The number of amides is 1. The highest BCUT2D eigenvalue weighted by molar-refractivity contribution is 5.91. The predicted molar refractivity (Wildman–Crippen MR) is 83.8 cm³/mol. The Labute approximate surface area is 131 Å². The third kappa shape index (κ3) is 4.53. The smallest absolute Gasteiger partial charge is 0.239 e. The van der Waals surface area contributed by atoms with Crippen molar-refractivity contribution >= 4 is 11.7 Å². The van der Waals surface area contributed by atoms with Gasteiger partial charge in [-0.25, -0.2) is 0 Å². The first-order valence-electron chi connectivity index (χ1n) is 7.48. The summed E-state index contributed by atoms with van der Waals surface area (Å²) < 4.78 is 12.8. The van der Waals surface area contributed by atoms with Crippen molar-refractivity contribution in [1.29, 1.82) is 0 Å². The van der Waals surface area contributed by atoms with Gasteiger partial charge in [-0.1, -0.05) is 0 Å². The standard InChI is InChI=1S/C15H26N4O3/c1-11-6-13(18(4)17-11)16-14(20)8-19-7-12(9-21-5)22-15(2,3)10-19/h6,12H,7-10H2,1-5H3,(H,16,20)/t12-/m0/s1. The van der Waals surface area contributed by atoms with Gasteiger partial charge in [0.05, 0.1) is 30.6 Å². The third-order valence-corrected chi connectivity index (χ3v) is 3.54. The number of ether oxygens (including phenoxy) is 2. The van der Waals surface area contributed by atoms with Crippen molar-refractivity contribution in [2.45, 2.75) is 32.5 Å². The van der Waals surface area contributed by atoms with E-state index in [1.807, 2.05) is 33.9 Å². The van der Waals surface area contributed by atoms with Crippen molar-refractivity contribution in [2.75, 3.05) is 38.7 Å². The zero-order valence-corrected chi connectivity index (χ0v) is 14.0. The molecule has 7 heteroatoms. The third-order valence-electron chi connectivity index (χ3n) is 3.54. The van der Waals surface area contributed by atoms with Crippen LogP contribution in [0.5, 0.6) is 0 Å². The Morgan fingerprint density at radius 1 is 1.59 bits per heavy atom. The van der Waals surface area contributed by atoms with E-state index in [-0.39, 0.29) is 17.6 Å². The molecule has 1 saturated heterocycles. The SMILES string of the molecule is COC[C@@H]1CN(CC(=O)Nc2cc(C)nn2C)CC(C)(C)O1. The highest BCUT2D eigenvalue weighted by Gasteiger charge is 2.34. The Balaban J connectivity index is 1.93. The molecule has 1 aromatic rings. The molecular formula is C15H26N4O3. The fourth-order valence-corrected chi connectivity index (χ4v) is 2.92. The van der Waals surface area contributed by atoms with Gasteiger partial charge < -0.3 is 14.8 Å².